The Bertz CT molecular complexity index is 500. The second kappa shape index (κ2) is 4.40. The second-order valence-electron chi connectivity index (χ2n) is 3.11. The Labute approximate surface area is 94.9 Å². The Morgan fingerprint density at radius 1 is 1.24 bits per heavy atom. The molecule has 0 unspecified atom stereocenters. The van der Waals surface area contributed by atoms with E-state index in [0.29, 0.717) is 0 Å². The maximum absolute atomic E-state index is 12.4. The summed E-state index contributed by atoms with van der Waals surface area (Å²) in [6.45, 7) is 0. The van der Waals surface area contributed by atoms with Gasteiger partial charge in [0, 0.05) is 0 Å². The fourth-order valence-corrected chi connectivity index (χ4v) is 1.16. The molecule has 2 aromatic rings. The van der Waals surface area contributed by atoms with Gasteiger partial charge in [0.25, 0.3) is 0 Å². The third kappa shape index (κ3) is 2.93. The number of alkyl halides is 3. The molecule has 6 heteroatoms. The van der Waals surface area contributed by atoms with Gasteiger partial charge in [-0.2, -0.15) is 13.2 Å². The molecule has 1 heterocycles. The van der Waals surface area contributed by atoms with Gasteiger partial charge in [0.1, 0.15) is 11.9 Å². The molecule has 87 valence electrons. The first-order chi connectivity index (χ1) is 8.05. The van der Waals surface area contributed by atoms with Crippen molar-refractivity contribution in [1.82, 2.24) is 9.97 Å². The van der Waals surface area contributed by atoms with E-state index in [9.17, 15) is 13.2 Å². The van der Waals surface area contributed by atoms with E-state index in [-0.39, 0.29) is 11.6 Å². The maximum Gasteiger partial charge on any atom is 0.416 e. The van der Waals surface area contributed by atoms with Gasteiger partial charge in [-0.25, -0.2) is 9.97 Å². The molecule has 3 nitrogen and oxygen atoms in total. The first-order valence-corrected chi connectivity index (χ1v) is 4.59. The Morgan fingerprint density at radius 2 is 2.06 bits per heavy atom. The molecule has 0 saturated carbocycles. The van der Waals surface area contributed by atoms with Crippen LogP contribution in [0.25, 0.3) is 0 Å². The van der Waals surface area contributed by atoms with Crippen LogP contribution in [0.3, 0.4) is 0 Å². The first kappa shape index (κ1) is 11.4. The van der Waals surface area contributed by atoms with Crippen molar-refractivity contribution in [3.05, 3.63) is 48.4 Å². The molecule has 0 amide bonds. The summed E-state index contributed by atoms with van der Waals surface area (Å²) >= 11 is 0. The standard InChI is InChI=1S/C11H6F3N2O/c12-11(13,14)8-2-1-3-9(6-8)17-10-7-15-4-5-16-10/h1-3,5-7H. The molecule has 0 fully saturated rings. The van der Waals surface area contributed by atoms with Crippen molar-refractivity contribution < 1.29 is 17.9 Å². The molecule has 0 saturated heterocycles. The van der Waals surface area contributed by atoms with Crippen molar-refractivity contribution in [2.75, 3.05) is 0 Å². The van der Waals surface area contributed by atoms with Gasteiger partial charge in [-0.15, -0.1) is 0 Å². The van der Waals surface area contributed by atoms with Gasteiger partial charge in [-0.1, -0.05) is 6.07 Å². The molecule has 1 aromatic heterocycles. The van der Waals surface area contributed by atoms with Crippen LogP contribution in [0.15, 0.2) is 36.7 Å². The Kier molecular flexibility index (Phi) is 2.95. The minimum atomic E-state index is -4.39. The molecule has 17 heavy (non-hydrogen) atoms. The van der Waals surface area contributed by atoms with Crippen molar-refractivity contribution >= 4 is 0 Å². The average molecular weight is 239 g/mol. The van der Waals surface area contributed by atoms with Crippen molar-refractivity contribution in [3.63, 3.8) is 0 Å². The lowest BCUT2D eigenvalue weighted by Crippen LogP contribution is -2.04. The van der Waals surface area contributed by atoms with Gasteiger partial charge in [0.15, 0.2) is 0 Å². The van der Waals surface area contributed by atoms with Crippen molar-refractivity contribution in [2.45, 2.75) is 6.18 Å². The van der Waals surface area contributed by atoms with Gasteiger partial charge < -0.3 is 4.74 Å². The summed E-state index contributed by atoms with van der Waals surface area (Å²) in [6.07, 6.45) is 0.571. The number of nitrogens with zero attached hydrogens (tertiary/aromatic N) is 2. The highest BCUT2D eigenvalue weighted by Gasteiger charge is 2.30. The van der Waals surface area contributed by atoms with E-state index in [4.69, 9.17) is 4.74 Å². The summed E-state index contributed by atoms with van der Waals surface area (Å²) in [6, 6.07) is 4.55. The molecular weight excluding hydrogens is 233 g/mol. The quantitative estimate of drug-likeness (QED) is 0.807. The monoisotopic (exact) mass is 239 g/mol. The number of halogens is 3. The number of hydrogen-bond acceptors (Lipinski definition) is 3. The van der Waals surface area contributed by atoms with Crippen LogP contribution in [0.1, 0.15) is 5.56 Å². The molecule has 0 N–H and O–H groups in total. The summed E-state index contributed by atoms with van der Waals surface area (Å²) in [5.41, 5.74) is -0.773. The number of aromatic nitrogens is 2. The lowest BCUT2D eigenvalue weighted by atomic mass is 10.2. The van der Waals surface area contributed by atoms with E-state index in [1.165, 1.54) is 24.5 Å². The Morgan fingerprint density at radius 3 is 2.71 bits per heavy atom. The predicted octanol–water partition coefficient (Wildman–Crippen LogP) is 3.09. The zero-order chi connectivity index (χ0) is 12.3. The number of rotatable bonds is 2. The highest BCUT2D eigenvalue weighted by Crippen LogP contribution is 2.32. The van der Waals surface area contributed by atoms with Crippen LogP contribution in [-0.2, 0) is 6.18 Å². The molecule has 1 aromatic carbocycles. The van der Waals surface area contributed by atoms with Crippen molar-refractivity contribution in [2.24, 2.45) is 0 Å². The fourth-order valence-electron chi connectivity index (χ4n) is 1.16. The zero-order valence-corrected chi connectivity index (χ0v) is 8.40. The van der Waals surface area contributed by atoms with Crippen LogP contribution in [0.2, 0.25) is 0 Å². The lowest BCUT2D eigenvalue weighted by molar-refractivity contribution is -0.137. The third-order valence-electron chi connectivity index (χ3n) is 1.88. The third-order valence-corrected chi connectivity index (χ3v) is 1.88. The molecule has 0 aliphatic rings. The summed E-state index contributed by atoms with van der Waals surface area (Å²) in [7, 11) is 0. The van der Waals surface area contributed by atoms with Crippen LogP contribution >= 0.6 is 0 Å². The summed E-state index contributed by atoms with van der Waals surface area (Å²) in [5, 5.41) is 0. The van der Waals surface area contributed by atoms with Crippen LogP contribution < -0.4 is 4.74 Å². The Balaban J connectivity index is 2.23. The maximum atomic E-state index is 12.4. The summed E-state index contributed by atoms with van der Waals surface area (Å²) in [5.74, 6) is 0.170. The minimum absolute atomic E-state index is 0.0559. The summed E-state index contributed by atoms with van der Waals surface area (Å²) in [4.78, 5) is 7.36. The van der Waals surface area contributed by atoms with Crippen LogP contribution in [0.5, 0.6) is 11.6 Å². The number of benzene rings is 1. The van der Waals surface area contributed by atoms with E-state index in [0.717, 1.165) is 12.1 Å². The van der Waals surface area contributed by atoms with Gasteiger partial charge in [0.05, 0.1) is 18.0 Å². The first-order valence-electron chi connectivity index (χ1n) is 4.59. The highest BCUT2D eigenvalue weighted by molar-refractivity contribution is 5.32. The van der Waals surface area contributed by atoms with E-state index in [1.807, 2.05) is 0 Å². The van der Waals surface area contributed by atoms with Crippen LogP contribution in [0.4, 0.5) is 13.2 Å². The van der Waals surface area contributed by atoms with E-state index >= 15 is 0 Å². The predicted molar refractivity (Wildman–Crippen MR) is 52.4 cm³/mol. The van der Waals surface area contributed by atoms with Gasteiger partial charge >= 0.3 is 6.18 Å². The largest absolute Gasteiger partial charge is 0.437 e. The van der Waals surface area contributed by atoms with E-state index < -0.39 is 11.7 Å². The topological polar surface area (TPSA) is 35.0 Å². The number of hydrogen-bond donors (Lipinski definition) is 0. The van der Waals surface area contributed by atoms with E-state index in [2.05, 4.69) is 16.2 Å². The summed E-state index contributed by atoms with van der Waals surface area (Å²) < 4.78 is 42.4. The molecule has 0 aliphatic heterocycles. The van der Waals surface area contributed by atoms with Gasteiger partial charge in [-0.05, 0) is 18.2 Å². The van der Waals surface area contributed by atoms with Crippen molar-refractivity contribution in [1.29, 1.82) is 0 Å². The van der Waals surface area contributed by atoms with Crippen LogP contribution in [-0.4, -0.2) is 9.97 Å². The van der Waals surface area contributed by atoms with Crippen LogP contribution in [0, 0.1) is 6.20 Å². The fraction of sp³-hybridized carbons (Fsp3) is 0.0909. The zero-order valence-electron chi connectivity index (χ0n) is 8.40. The van der Waals surface area contributed by atoms with Crippen molar-refractivity contribution in [3.8, 4) is 11.6 Å². The molecule has 1 radical (unpaired) electrons. The normalized spacial score (nSPS) is 11.2. The Hall–Kier alpha value is -2.11. The molecule has 2 rings (SSSR count). The molecule has 0 spiro atoms. The lowest BCUT2D eigenvalue weighted by Gasteiger charge is -2.08. The van der Waals surface area contributed by atoms with E-state index in [1.54, 1.807) is 0 Å². The number of ether oxygens (including phenoxy) is 1. The minimum Gasteiger partial charge on any atom is -0.437 e. The molecule has 0 bridgehead atoms. The second-order valence-corrected chi connectivity index (χ2v) is 3.11. The van der Waals surface area contributed by atoms with Gasteiger partial charge in [0.2, 0.25) is 5.88 Å². The average Bonchev–Trinajstić information content (AvgIpc) is 2.29. The SMILES string of the molecule is FC(F)(F)c1cccc(Oc2cn[c]cn2)c1. The molecule has 0 atom stereocenters. The molecular formula is C11H6F3N2O. The molecule has 0 aliphatic carbocycles. The van der Waals surface area contributed by atoms with Gasteiger partial charge in [-0.3, -0.25) is 0 Å². The smallest absolute Gasteiger partial charge is 0.416 e. The highest BCUT2D eigenvalue weighted by atomic mass is 19.4.